The Morgan fingerprint density at radius 1 is 1.30 bits per heavy atom. The number of fused-ring (bicyclic) bond motifs is 1. The van der Waals surface area contributed by atoms with Crippen LogP contribution in [0.1, 0.15) is 41.3 Å². The molecule has 0 atom stereocenters. The van der Waals surface area contributed by atoms with Gasteiger partial charge in [-0.1, -0.05) is 22.4 Å². The van der Waals surface area contributed by atoms with Crippen molar-refractivity contribution in [1.29, 1.82) is 0 Å². The third kappa shape index (κ3) is 3.72. The zero-order chi connectivity index (χ0) is 16.2. The Bertz CT molecular complexity index is 714. The van der Waals surface area contributed by atoms with E-state index in [-0.39, 0.29) is 17.2 Å². The van der Waals surface area contributed by atoms with E-state index < -0.39 is 0 Å². The van der Waals surface area contributed by atoms with E-state index in [1.165, 1.54) is 12.5 Å². The first-order valence-corrected chi connectivity index (χ1v) is 8.62. The molecule has 1 aromatic carbocycles. The van der Waals surface area contributed by atoms with E-state index in [9.17, 15) is 9.90 Å². The van der Waals surface area contributed by atoms with Gasteiger partial charge in [0.2, 0.25) is 0 Å². The van der Waals surface area contributed by atoms with Crippen molar-refractivity contribution in [3.63, 3.8) is 0 Å². The van der Waals surface area contributed by atoms with Gasteiger partial charge in [0.05, 0.1) is 5.56 Å². The molecule has 0 unspecified atom stereocenters. The van der Waals surface area contributed by atoms with Crippen LogP contribution in [0.4, 0.5) is 0 Å². The van der Waals surface area contributed by atoms with Gasteiger partial charge in [-0.05, 0) is 31.0 Å². The molecule has 23 heavy (non-hydrogen) atoms. The summed E-state index contributed by atoms with van der Waals surface area (Å²) in [6, 6.07) is 4.79. The Kier molecular flexibility index (Phi) is 4.95. The quantitative estimate of drug-likeness (QED) is 0.855. The Labute approximate surface area is 143 Å². The fourth-order valence-electron chi connectivity index (χ4n) is 2.80. The summed E-state index contributed by atoms with van der Waals surface area (Å²) >= 11 is 3.30. The standard InChI is InChI=1S/C16H19BrN4O2/c17-11-5-6-13(22)12(10-11)16(23)18-8-7-15-20-19-14-4-2-1-3-9-21(14)15/h5-6,10,22H,1-4,7-9H2,(H,18,23). The number of aromatic nitrogens is 3. The van der Waals surface area contributed by atoms with E-state index in [4.69, 9.17) is 0 Å². The van der Waals surface area contributed by atoms with Gasteiger partial charge in [-0.25, -0.2) is 0 Å². The van der Waals surface area contributed by atoms with Crippen LogP contribution in [0.25, 0.3) is 0 Å². The summed E-state index contributed by atoms with van der Waals surface area (Å²) < 4.78 is 2.93. The minimum atomic E-state index is -0.292. The van der Waals surface area contributed by atoms with Gasteiger partial charge in [0.25, 0.3) is 5.91 Å². The normalized spacial score (nSPS) is 14.1. The number of hydrogen-bond acceptors (Lipinski definition) is 4. The van der Waals surface area contributed by atoms with Crippen molar-refractivity contribution in [2.45, 2.75) is 38.6 Å². The van der Waals surface area contributed by atoms with Gasteiger partial charge < -0.3 is 15.0 Å². The molecule has 0 bridgehead atoms. The summed E-state index contributed by atoms with van der Waals surface area (Å²) in [5, 5.41) is 21.1. The van der Waals surface area contributed by atoms with E-state index in [2.05, 4.69) is 36.0 Å². The molecule has 1 amide bonds. The summed E-state index contributed by atoms with van der Waals surface area (Å²) in [5.74, 6) is 1.65. The number of phenolic OH excluding ortho intramolecular Hbond substituents is 1. The van der Waals surface area contributed by atoms with Crippen LogP contribution in [0, 0.1) is 0 Å². The molecular weight excluding hydrogens is 360 g/mol. The highest BCUT2D eigenvalue weighted by molar-refractivity contribution is 9.10. The number of nitrogens with zero attached hydrogens (tertiary/aromatic N) is 3. The topological polar surface area (TPSA) is 80.0 Å². The van der Waals surface area contributed by atoms with Crippen LogP contribution in [0.5, 0.6) is 5.75 Å². The largest absolute Gasteiger partial charge is 0.507 e. The van der Waals surface area contributed by atoms with Gasteiger partial charge >= 0.3 is 0 Å². The van der Waals surface area contributed by atoms with E-state index >= 15 is 0 Å². The molecule has 7 heteroatoms. The molecule has 1 aromatic heterocycles. The molecule has 0 fully saturated rings. The predicted molar refractivity (Wildman–Crippen MR) is 89.4 cm³/mol. The van der Waals surface area contributed by atoms with Gasteiger partial charge in [-0.2, -0.15) is 0 Å². The number of rotatable bonds is 4. The first kappa shape index (κ1) is 16.0. The van der Waals surface area contributed by atoms with E-state index in [1.54, 1.807) is 12.1 Å². The van der Waals surface area contributed by atoms with Crippen LogP contribution in [0.2, 0.25) is 0 Å². The molecule has 0 saturated heterocycles. The molecule has 1 aliphatic heterocycles. The van der Waals surface area contributed by atoms with Gasteiger partial charge in [-0.15, -0.1) is 10.2 Å². The molecule has 0 saturated carbocycles. The summed E-state index contributed by atoms with van der Waals surface area (Å²) in [7, 11) is 0. The number of phenols is 1. The van der Waals surface area contributed by atoms with Crippen LogP contribution in [0.3, 0.4) is 0 Å². The molecule has 3 rings (SSSR count). The smallest absolute Gasteiger partial charge is 0.255 e. The van der Waals surface area contributed by atoms with Gasteiger partial charge in [0, 0.05) is 30.4 Å². The van der Waals surface area contributed by atoms with Gasteiger partial charge in [0.15, 0.2) is 0 Å². The lowest BCUT2D eigenvalue weighted by Crippen LogP contribution is -2.26. The van der Waals surface area contributed by atoms with Gasteiger partial charge in [0.1, 0.15) is 17.4 Å². The molecule has 2 heterocycles. The third-order valence-corrected chi connectivity index (χ3v) is 4.52. The van der Waals surface area contributed by atoms with Crippen LogP contribution in [-0.2, 0) is 19.4 Å². The van der Waals surface area contributed by atoms with E-state index in [0.29, 0.717) is 13.0 Å². The zero-order valence-corrected chi connectivity index (χ0v) is 14.3. The Hall–Kier alpha value is -1.89. The highest BCUT2D eigenvalue weighted by Gasteiger charge is 2.15. The zero-order valence-electron chi connectivity index (χ0n) is 12.8. The molecule has 0 spiro atoms. The van der Waals surface area contributed by atoms with Crippen molar-refractivity contribution in [2.75, 3.05) is 6.54 Å². The average molecular weight is 379 g/mol. The van der Waals surface area contributed by atoms with Crippen molar-refractivity contribution in [3.8, 4) is 5.75 Å². The maximum Gasteiger partial charge on any atom is 0.255 e. The fraction of sp³-hybridized carbons (Fsp3) is 0.438. The number of nitrogens with one attached hydrogen (secondary N) is 1. The number of hydrogen-bond donors (Lipinski definition) is 2. The average Bonchev–Trinajstić information content (AvgIpc) is 2.77. The van der Waals surface area contributed by atoms with E-state index in [0.717, 1.165) is 41.9 Å². The van der Waals surface area contributed by atoms with Crippen molar-refractivity contribution in [1.82, 2.24) is 20.1 Å². The van der Waals surface area contributed by atoms with Gasteiger partial charge in [-0.3, -0.25) is 4.79 Å². The predicted octanol–water partition coefficient (Wildman–Crippen LogP) is 2.45. The summed E-state index contributed by atoms with van der Waals surface area (Å²) in [4.78, 5) is 12.2. The van der Waals surface area contributed by atoms with Crippen molar-refractivity contribution < 1.29 is 9.90 Å². The lowest BCUT2D eigenvalue weighted by atomic mass is 10.2. The summed E-state index contributed by atoms with van der Waals surface area (Å²) in [6.07, 6.45) is 5.15. The second kappa shape index (κ2) is 7.12. The van der Waals surface area contributed by atoms with Crippen LogP contribution in [-0.4, -0.2) is 32.3 Å². The highest BCUT2D eigenvalue weighted by atomic mass is 79.9. The SMILES string of the molecule is O=C(NCCc1nnc2n1CCCCC2)c1cc(Br)ccc1O. The molecular formula is C16H19BrN4O2. The summed E-state index contributed by atoms with van der Waals surface area (Å²) in [6.45, 7) is 1.42. The minimum Gasteiger partial charge on any atom is -0.507 e. The first-order valence-electron chi connectivity index (χ1n) is 7.83. The van der Waals surface area contributed by atoms with Crippen LogP contribution < -0.4 is 5.32 Å². The highest BCUT2D eigenvalue weighted by Crippen LogP contribution is 2.21. The number of carbonyl (C=O) groups excluding carboxylic acids is 1. The molecule has 0 aliphatic carbocycles. The second-order valence-electron chi connectivity index (χ2n) is 5.66. The molecule has 1 aliphatic rings. The maximum atomic E-state index is 12.2. The lowest BCUT2D eigenvalue weighted by Gasteiger charge is -2.09. The Morgan fingerprint density at radius 3 is 3.04 bits per heavy atom. The number of amides is 1. The van der Waals surface area contributed by atoms with Crippen LogP contribution >= 0.6 is 15.9 Å². The van der Waals surface area contributed by atoms with Crippen molar-refractivity contribution in [2.24, 2.45) is 0 Å². The molecule has 2 N–H and O–H groups in total. The van der Waals surface area contributed by atoms with Crippen LogP contribution in [0.15, 0.2) is 22.7 Å². The number of benzene rings is 1. The fourth-order valence-corrected chi connectivity index (χ4v) is 3.16. The number of carbonyl (C=O) groups is 1. The number of halogens is 1. The maximum absolute atomic E-state index is 12.2. The first-order chi connectivity index (χ1) is 11.1. The molecule has 6 nitrogen and oxygen atoms in total. The van der Waals surface area contributed by atoms with Crippen molar-refractivity contribution in [3.05, 3.63) is 39.9 Å². The Morgan fingerprint density at radius 2 is 2.17 bits per heavy atom. The molecule has 2 aromatic rings. The molecule has 122 valence electrons. The number of aromatic hydroxyl groups is 1. The summed E-state index contributed by atoms with van der Waals surface area (Å²) in [5.41, 5.74) is 0.263. The monoisotopic (exact) mass is 378 g/mol. The lowest BCUT2D eigenvalue weighted by molar-refractivity contribution is 0.0951. The Balaban J connectivity index is 1.60. The van der Waals surface area contributed by atoms with E-state index in [1.807, 2.05) is 0 Å². The third-order valence-electron chi connectivity index (χ3n) is 4.02. The minimum absolute atomic E-state index is 0.0259. The second-order valence-corrected chi connectivity index (χ2v) is 6.58. The van der Waals surface area contributed by atoms with Crippen molar-refractivity contribution >= 4 is 21.8 Å². The molecule has 0 radical (unpaired) electrons. The number of aryl methyl sites for hydroxylation is 1.